The third-order valence-corrected chi connectivity index (χ3v) is 4.34. The Labute approximate surface area is 129 Å². The van der Waals surface area contributed by atoms with Crippen LogP contribution in [0.25, 0.3) is 0 Å². The summed E-state index contributed by atoms with van der Waals surface area (Å²) in [5.41, 5.74) is 2.77. The van der Waals surface area contributed by atoms with Gasteiger partial charge in [-0.25, -0.2) is 4.39 Å². The normalized spacial score (nSPS) is 16.6. The summed E-state index contributed by atoms with van der Waals surface area (Å²) in [7, 11) is 0. The Hall–Kier alpha value is -1.95. The number of aryl methyl sites for hydroxylation is 1. The molecule has 21 heavy (non-hydrogen) atoms. The fraction of sp³-hybridized carbons (Fsp3) is 0.200. The molecule has 2 aromatic carbocycles. The van der Waals surface area contributed by atoms with E-state index in [1.54, 1.807) is 24.3 Å². The summed E-state index contributed by atoms with van der Waals surface area (Å²) in [4.78, 5) is 10.5. The minimum Gasteiger partial charge on any atom is -0.378 e. The third-order valence-electron chi connectivity index (χ3n) is 3.67. The van der Waals surface area contributed by atoms with Gasteiger partial charge in [0, 0.05) is 11.8 Å². The molecule has 0 saturated carbocycles. The predicted molar refractivity (Wildman–Crippen MR) is 81.9 cm³/mol. The first-order chi connectivity index (χ1) is 10.0. The number of fused-ring (bicyclic) bond motifs is 1. The zero-order valence-electron chi connectivity index (χ0n) is 11.0. The van der Waals surface area contributed by atoms with Crippen LogP contribution in [0.1, 0.15) is 23.6 Å². The van der Waals surface area contributed by atoms with E-state index in [0.717, 1.165) is 24.0 Å². The van der Waals surface area contributed by atoms with Crippen LogP contribution in [0.15, 0.2) is 40.9 Å². The maximum atomic E-state index is 13.2. The van der Waals surface area contributed by atoms with E-state index >= 15 is 0 Å². The standard InChI is InChI=1S/C15H12BrFN2O2/c16-13-5-3-11(8-15(13)19(20)21)18-14-6-1-9-7-10(17)2-4-12(9)14/h2-5,7-8,14,18H,1,6H2. The molecular formula is C15H12BrFN2O2. The van der Waals surface area contributed by atoms with Crippen molar-refractivity contribution in [1.82, 2.24) is 0 Å². The first-order valence-electron chi connectivity index (χ1n) is 6.53. The van der Waals surface area contributed by atoms with E-state index in [0.29, 0.717) is 10.2 Å². The molecule has 0 spiro atoms. The van der Waals surface area contributed by atoms with Crippen LogP contribution < -0.4 is 5.32 Å². The molecule has 2 aromatic rings. The highest BCUT2D eigenvalue weighted by atomic mass is 79.9. The predicted octanol–water partition coefficient (Wildman–Crippen LogP) is 4.60. The fourth-order valence-corrected chi connectivity index (χ4v) is 3.07. The van der Waals surface area contributed by atoms with Crippen LogP contribution >= 0.6 is 15.9 Å². The highest BCUT2D eigenvalue weighted by Crippen LogP contribution is 2.36. The van der Waals surface area contributed by atoms with Gasteiger partial charge in [0.05, 0.1) is 15.4 Å². The van der Waals surface area contributed by atoms with Crippen molar-refractivity contribution in [3.8, 4) is 0 Å². The molecule has 0 radical (unpaired) electrons. The van der Waals surface area contributed by atoms with E-state index in [1.165, 1.54) is 12.1 Å². The summed E-state index contributed by atoms with van der Waals surface area (Å²) in [6, 6.07) is 9.79. The maximum absolute atomic E-state index is 13.2. The molecule has 1 N–H and O–H groups in total. The van der Waals surface area contributed by atoms with Crippen molar-refractivity contribution in [1.29, 1.82) is 0 Å². The van der Waals surface area contributed by atoms with Crippen LogP contribution in [0.2, 0.25) is 0 Å². The summed E-state index contributed by atoms with van der Waals surface area (Å²) < 4.78 is 13.7. The van der Waals surface area contributed by atoms with Crippen molar-refractivity contribution in [3.63, 3.8) is 0 Å². The summed E-state index contributed by atoms with van der Waals surface area (Å²) in [5, 5.41) is 14.2. The number of hydrogen-bond donors (Lipinski definition) is 1. The number of anilines is 1. The van der Waals surface area contributed by atoms with Crippen molar-refractivity contribution in [2.24, 2.45) is 0 Å². The number of halogens is 2. The summed E-state index contributed by atoms with van der Waals surface area (Å²) in [6.07, 6.45) is 1.66. The molecule has 1 aliphatic carbocycles. The molecule has 108 valence electrons. The molecule has 3 rings (SSSR count). The van der Waals surface area contributed by atoms with Crippen molar-refractivity contribution in [2.45, 2.75) is 18.9 Å². The first-order valence-corrected chi connectivity index (χ1v) is 7.32. The molecule has 0 aliphatic heterocycles. The lowest BCUT2D eigenvalue weighted by Gasteiger charge is -2.15. The monoisotopic (exact) mass is 350 g/mol. The molecule has 4 nitrogen and oxygen atoms in total. The molecule has 0 amide bonds. The SMILES string of the molecule is O=[N+]([O-])c1cc(NC2CCc3cc(F)ccc32)ccc1Br. The number of rotatable bonds is 3. The second kappa shape index (κ2) is 5.44. The lowest BCUT2D eigenvalue weighted by Crippen LogP contribution is -2.07. The summed E-state index contributed by atoms with van der Waals surface area (Å²) in [6.45, 7) is 0. The number of nitro groups is 1. The fourth-order valence-electron chi connectivity index (χ4n) is 2.68. The van der Waals surface area contributed by atoms with Crippen molar-refractivity contribution >= 4 is 27.3 Å². The zero-order valence-corrected chi connectivity index (χ0v) is 12.6. The Morgan fingerprint density at radius 3 is 2.86 bits per heavy atom. The quantitative estimate of drug-likeness (QED) is 0.650. The van der Waals surface area contributed by atoms with Crippen molar-refractivity contribution in [2.75, 3.05) is 5.32 Å². The van der Waals surface area contributed by atoms with Gasteiger partial charge in [0.25, 0.3) is 5.69 Å². The average Bonchev–Trinajstić information content (AvgIpc) is 2.83. The van der Waals surface area contributed by atoms with Gasteiger partial charge in [-0.15, -0.1) is 0 Å². The largest absolute Gasteiger partial charge is 0.378 e. The van der Waals surface area contributed by atoms with Crippen LogP contribution in [0.4, 0.5) is 15.8 Å². The van der Waals surface area contributed by atoms with Crippen molar-refractivity contribution in [3.05, 3.63) is 67.9 Å². The number of nitrogens with zero attached hydrogens (tertiary/aromatic N) is 1. The van der Waals surface area contributed by atoms with Gasteiger partial charge in [0.2, 0.25) is 0 Å². The molecule has 1 aliphatic rings. The number of nitrogens with one attached hydrogen (secondary N) is 1. The lowest BCUT2D eigenvalue weighted by molar-refractivity contribution is -0.385. The molecule has 6 heteroatoms. The van der Waals surface area contributed by atoms with Crippen LogP contribution in [0, 0.1) is 15.9 Å². The second-order valence-electron chi connectivity index (χ2n) is 5.00. The number of benzene rings is 2. The Morgan fingerprint density at radius 2 is 2.10 bits per heavy atom. The number of hydrogen-bond acceptors (Lipinski definition) is 3. The average molecular weight is 351 g/mol. The van der Waals surface area contributed by atoms with Gasteiger partial charge in [-0.05, 0) is 64.2 Å². The highest BCUT2D eigenvalue weighted by Gasteiger charge is 2.23. The smallest absolute Gasteiger partial charge is 0.285 e. The van der Waals surface area contributed by atoms with Gasteiger partial charge in [-0.3, -0.25) is 10.1 Å². The molecule has 0 fully saturated rings. The molecule has 0 saturated heterocycles. The summed E-state index contributed by atoms with van der Waals surface area (Å²) in [5.74, 6) is -0.228. The van der Waals surface area contributed by atoms with E-state index < -0.39 is 4.92 Å². The van der Waals surface area contributed by atoms with E-state index in [4.69, 9.17) is 0 Å². The van der Waals surface area contributed by atoms with E-state index in [1.807, 2.05) is 0 Å². The maximum Gasteiger partial charge on any atom is 0.285 e. The Morgan fingerprint density at radius 1 is 1.29 bits per heavy atom. The van der Waals surface area contributed by atoms with Gasteiger partial charge in [0.15, 0.2) is 0 Å². The molecular weight excluding hydrogens is 339 g/mol. The summed E-state index contributed by atoms with van der Waals surface area (Å²) >= 11 is 3.17. The van der Waals surface area contributed by atoms with Gasteiger partial charge in [-0.2, -0.15) is 0 Å². The van der Waals surface area contributed by atoms with E-state index in [2.05, 4.69) is 21.2 Å². The van der Waals surface area contributed by atoms with Gasteiger partial charge in [-0.1, -0.05) is 6.07 Å². The van der Waals surface area contributed by atoms with Crippen LogP contribution in [0.3, 0.4) is 0 Å². The van der Waals surface area contributed by atoms with Crippen LogP contribution in [-0.2, 0) is 6.42 Å². The Balaban J connectivity index is 1.86. The van der Waals surface area contributed by atoms with Gasteiger partial charge >= 0.3 is 0 Å². The van der Waals surface area contributed by atoms with E-state index in [-0.39, 0.29) is 17.5 Å². The zero-order chi connectivity index (χ0) is 15.0. The Kier molecular flexibility index (Phi) is 3.63. The second-order valence-corrected chi connectivity index (χ2v) is 5.86. The highest BCUT2D eigenvalue weighted by molar-refractivity contribution is 9.10. The van der Waals surface area contributed by atoms with E-state index in [9.17, 15) is 14.5 Å². The minimum atomic E-state index is -0.423. The molecule has 1 atom stereocenters. The molecule has 0 bridgehead atoms. The van der Waals surface area contributed by atoms with Gasteiger partial charge in [0.1, 0.15) is 5.82 Å². The topological polar surface area (TPSA) is 55.2 Å². The lowest BCUT2D eigenvalue weighted by atomic mass is 10.1. The van der Waals surface area contributed by atoms with Crippen molar-refractivity contribution < 1.29 is 9.31 Å². The molecule has 1 unspecified atom stereocenters. The van der Waals surface area contributed by atoms with Crippen LogP contribution in [-0.4, -0.2) is 4.92 Å². The molecule has 0 heterocycles. The van der Waals surface area contributed by atoms with Gasteiger partial charge < -0.3 is 5.32 Å². The number of nitro benzene ring substituents is 1. The Bertz CT molecular complexity index is 721. The minimum absolute atomic E-state index is 0.0253. The third kappa shape index (κ3) is 2.76. The first kappa shape index (κ1) is 14.0. The molecule has 0 aromatic heterocycles. The van der Waals surface area contributed by atoms with Crippen LogP contribution in [0.5, 0.6) is 0 Å².